The molecule has 20 heavy (non-hydrogen) atoms. The van der Waals surface area contributed by atoms with Gasteiger partial charge in [0.15, 0.2) is 0 Å². The van der Waals surface area contributed by atoms with Crippen LogP contribution in [0, 0.1) is 0 Å². The van der Waals surface area contributed by atoms with Crippen LogP contribution in [0.5, 0.6) is 0 Å². The summed E-state index contributed by atoms with van der Waals surface area (Å²) in [5, 5.41) is 0. The Bertz CT molecular complexity index is 446. The van der Waals surface area contributed by atoms with Crippen molar-refractivity contribution in [1.29, 1.82) is 0 Å². The molecular weight excluding hydrogens is 248 g/mol. The van der Waals surface area contributed by atoms with Crippen molar-refractivity contribution in [3.05, 3.63) is 29.1 Å². The summed E-state index contributed by atoms with van der Waals surface area (Å²) in [6, 6.07) is 4.53. The van der Waals surface area contributed by atoms with Gasteiger partial charge in [0.05, 0.1) is 12.3 Å². The molecule has 0 saturated carbocycles. The molecule has 3 heterocycles. The first-order chi connectivity index (χ1) is 9.74. The van der Waals surface area contributed by atoms with Crippen molar-refractivity contribution in [3.8, 4) is 0 Å². The van der Waals surface area contributed by atoms with Gasteiger partial charge < -0.3 is 4.74 Å². The van der Waals surface area contributed by atoms with Crippen LogP contribution in [0.2, 0.25) is 0 Å². The van der Waals surface area contributed by atoms with Crippen LogP contribution in [0.3, 0.4) is 0 Å². The number of nitrogens with zero attached hydrogens (tertiary/aromatic N) is 2. The van der Waals surface area contributed by atoms with Gasteiger partial charge in [0.25, 0.3) is 0 Å². The molecule has 110 valence electrons. The van der Waals surface area contributed by atoms with Crippen molar-refractivity contribution in [1.82, 2.24) is 9.88 Å². The number of aromatic nitrogens is 1. The fourth-order valence-electron chi connectivity index (χ4n) is 3.28. The van der Waals surface area contributed by atoms with Crippen LogP contribution in [0.4, 0.5) is 0 Å². The van der Waals surface area contributed by atoms with Crippen LogP contribution in [0.1, 0.15) is 61.9 Å². The van der Waals surface area contributed by atoms with Gasteiger partial charge in [0, 0.05) is 24.8 Å². The fraction of sp³-hybridized carbons (Fsp3) is 0.706. The molecule has 0 amide bonds. The molecule has 3 nitrogen and oxygen atoms in total. The Hall–Kier alpha value is -0.930. The lowest BCUT2D eigenvalue weighted by Gasteiger charge is -2.20. The van der Waals surface area contributed by atoms with E-state index >= 15 is 0 Å². The molecule has 0 aliphatic carbocycles. The minimum atomic E-state index is 0.501. The highest BCUT2D eigenvalue weighted by Crippen LogP contribution is 2.29. The Labute approximate surface area is 122 Å². The van der Waals surface area contributed by atoms with E-state index in [1.54, 1.807) is 0 Å². The summed E-state index contributed by atoms with van der Waals surface area (Å²) in [4.78, 5) is 7.53. The van der Waals surface area contributed by atoms with Gasteiger partial charge in [-0.1, -0.05) is 19.9 Å². The standard InChI is InChI=1S/C17H26N2O/c1-13(2)16-6-5-15(14-7-10-20-12-14)17(18-16)11-19-8-3-4-9-19/h5-6,13-14H,3-4,7-12H2,1-2H3/t14-/m1/s1. The van der Waals surface area contributed by atoms with Crippen molar-refractivity contribution in [2.45, 2.75) is 51.5 Å². The number of likely N-dealkylation sites (tertiary alicyclic amines) is 1. The molecule has 2 saturated heterocycles. The van der Waals surface area contributed by atoms with Gasteiger partial charge in [-0.05, 0) is 49.9 Å². The first-order valence-corrected chi connectivity index (χ1v) is 8.04. The first-order valence-electron chi connectivity index (χ1n) is 8.04. The van der Waals surface area contributed by atoms with Crippen LogP contribution in [0.25, 0.3) is 0 Å². The largest absolute Gasteiger partial charge is 0.381 e. The Morgan fingerprint density at radius 2 is 2.10 bits per heavy atom. The molecule has 2 aliphatic heterocycles. The zero-order chi connectivity index (χ0) is 13.9. The lowest BCUT2D eigenvalue weighted by molar-refractivity contribution is 0.193. The van der Waals surface area contributed by atoms with E-state index in [1.165, 1.54) is 42.9 Å². The summed E-state index contributed by atoms with van der Waals surface area (Å²) in [5.41, 5.74) is 3.95. The molecule has 0 N–H and O–H groups in total. The van der Waals surface area contributed by atoms with Crippen LogP contribution in [0.15, 0.2) is 12.1 Å². The van der Waals surface area contributed by atoms with E-state index in [1.807, 2.05) is 0 Å². The predicted molar refractivity (Wildman–Crippen MR) is 81.0 cm³/mol. The van der Waals surface area contributed by atoms with Crippen LogP contribution in [-0.4, -0.2) is 36.2 Å². The second kappa shape index (κ2) is 6.23. The van der Waals surface area contributed by atoms with Crippen molar-refractivity contribution < 1.29 is 4.74 Å². The molecule has 2 aliphatic rings. The smallest absolute Gasteiger partial charge is 0.0583 e. The van der Waals surface area contributed by atoms with Crippen LogP contribution >= 0.6 is 0 Å². The van der Waals surface area contributed by atoms with Gasteiger partial charge >= 0.3 is 0 Å². The average Bonchev–Trinajstić information content (AvgIpc) is 3.11. The van der Waals surface area contributed by atoms with Gasteiger partial charge in [-0.15, -0.1) is 0 Å². The van der Waals surface area contributed by atoms with Gasteiger partial charge in [-0.2, -0.15) is 0 Å². The maximum absolute atomic E-state index is 5.57. The van der Waals surface area contributed by atoms with Crippen molar-refractivity contribution in [2.24, 2.45) is 0 Å². The number of hydrogen-bond donors (Lipinski definition) is 0. The molecule has 1 aromatic heterocycles. The Morgan fingerprint density at radius 1 is 1.30 bits per heavy atom. The summed E-state index contributed by atoms with van der Waals surface area (Å²) in [6.07, 6.45) is 3.83. The maximum Gasteiger partial charge on any atom is 0.0583 e. The third kappa shape index (κ3) is 3.04. The quantitative estimate of drug-likeness (QED) is 0.842. The van der Waals surface area contributed by atoms with E-state index in [2.05, 4.69) is 30.9 Å². The van der Waals surface area contributed by atoms with E-state index in [0.717, 1.165) is 26.2 Å². The van der Waals surface area contributed by atoms with Crippen molar-refractivity contribution in [2.75, 3.05) is 26.3 Å². The summed E-state index contributed by atoms with van der Waals surface area (Å²) >= 11 is 0. The molecule has 3 rings (SSSR count). The first kappa shape index (κ1) is 14.0. The minimum absolute atomic E-state index is 0.501. The Morgan fingerprint density at radius 3 is 2.75 bits per heavy atom. The number of hydrogen-bond acceptors (Lipinski definition) is 3. The zero-order valence-corrected chi connectivity index (χ0v) is 12.8. The molecule has 0 unspecified atom stereocenters. The monoisotopic (exact) mass is 274 g/mol. The van der Waals surface area contributed by atoms with Gasteiger partial charge in [-0.3, -0.25) is 9.88 Å². The van der Waals surface area contributed by atoms with Crippen LogP contribution in [-0.2, 0) is 11.3 Å². The van der Waals surface area contributed by atoms with E-state index in [4.69, 9.17) is 9.72 Å². The maximum atomic E-state index is 5.57. The minimum Gasteiger partial charge on any atom is -0.381 e. The van der Waals surface area contributed by atoms with Gasteiger partial charge in [0.2, 0.25) is 0 Å². The lowest BCUT2D eigenvalue weighted by atomic mass is 9.95. The number of rotatable bonds is 4. The molecule has 0 aromatic carbocycles. The topological polar surface area (TPSA) is 25.4 Å². The van der Waals surface area contributed by atoms with Gasteiger partial charge in [0.1, 0.15) is 0 Å². The zero-order valence-electron chi connectivity index (χ0n) is 12.8. The van der Waals surface area contributed by atoms with Crippen molar-refractivity contribution in [3.63, 3.8) is 0 Å². The summed E-state index contributed by atoms with van der Waals surface area (Å²) in [6.45, 7) is 9.70. The lowest BCUT2D eigenvalue weighted by Crippen LogP contribution is -2.21. The van der Waals surface area contributed by atoms with Gasteiger partial charge in [-0.25, -0.2) is 0 Å². The van der Waals surface area contributed by atoms with E-state index in [-0.39, 0.29) is 0 Å². The van der Waals surface area contributed by atoms with Crippen molar-refractivity contribution >= 4 is 0 Å². The summed E-state index contributed by atoms with van der Waals surface area (Å²) < 4.78 is 5.57. The number of pyridine rings is 1. The second-order valence-electron chi connectivity index (χ2n) is 6.47. The SMILES string of the molecule is CC(C)c1ccc([C@@H]2CCOC2)c(CN2CCCC2)n1. The molecule has 0 bridgehead atoms. The second-order valence-corrected chi connectivity index (χ2v) is 6.47. The summed E-state index contributed by atoms with van der Waals surface area (Å²) in [5.74, 6) is 1.06. The Balaban J connectivity index is 1.86. The Kier molecular flexibility index (Phi) is 4.37. The highest BCUT2D eigenvalue weighted by Gasteiger charge is 2.23. The van der Waals surface area contributed by atoms with E-state index in [0.29, 0.717) is 11.8 Å². The number of ether oxygens (including phenoxy) is 1. The molecule has 1 aromatic rings. The average molecular weight is 274 g/mol. The third-order valence-electron chi connectivity index (χ3n) is 4.56. The normalized spacial score (nSPS) is 23.9. The molecule has 2 fully saturated rings. The molecule has 3 heteroatoms. The molecular formula is C17H26N2O. The molecule has 0 spiro atoms. The highest BCUT2D eigenvalue weighted by molar-refractivity contribution is 5.28. The fourth-order valence-corrected chi connectivity index (χ4v) is 3.28. The predicted octanol–water partition coefficient (Wildman–Crippen LogP) is 3.30. The van der Waals surface area contributed by atoms with Crippen LogP contribution < -0.4 is 0 Å². The van der Waals surface area contributed by atoms with E-state index < -0.39 is 0 Å². The summed E-state index contributed by atoms with van der Waals surface area (Å²) in [7, 11) is 0. The van der Waals surface area contributed by atoms with E-state index in [9.17, 15) is 0 Å². The molecule has 0 radical (unpaired) electrons. The third-order valence-corrected chi connectivity index (χ3v) is 4.56. The molecule has 1 atom stereocenters. The highest BCUT2D eigenvalue weighted by atomic mass is 16.5.